The average Bonchev–Trinajstić information content (AvgIpc) is 2.52. The molecule has 0 radical (unpaired) electrons. The van der Waals surface area contributed by atoms with Gasteiger partial charge in [-0.05, 0) is 25.0 Å². The Morgan fingerprint density at radius 1 is 1.33 bits per heavy atom. The molecule has 1 amide bonds. The molecule has 0 atom stereocenters. The number of nitrogens with two attached hydrogens (primary N) is 1. The highest BCUT2D eigenvalue weighted by Crippen LogP contribution is 2.24. The van der Waals surface area contributed by atoms with Crippen LogP contribution in [-0.4, -0.2) is 44.7 Å². The second kappa shape index (κ2) is 7.08. The number of hydrogen-bond acceptors (Lipinski definition) is 5. The van der Waals surface area contributed by atoms with Crippen LogP contribution in [0.5, 0.6) is 0 Å². The highest BCUT2D eigenvalue weighted by atomic mass is 16.5. The Labute approximate surface area is 124 Å². The molecule has 0 saturated carbocycles. The SMILES string of the molecule is COC(=O)c1ccccc1N1CCC(NCC(N)=O)CC1. The van der Waals surface area contributed by atoms with Crippen LogP contribution in [0.1, 0.15) is 23.2 Å². The third kappa shape index (κ3) is 3.95. The van der Waals surface area contributed by atoms with E-state index in [4.69, 9.17) is 10.5 Å². The zero-order valence-corrected chi connectivity index (χ0v) is 12.2. The highest BCUT2D eigenvalue weighted by Gasteiger charge is 2.22. The molecule has 0 aromatic heterocycles. The third-order valence-electron chi connectivity index (χ3n) is 3.71. The zero-order chi connectivity index (χ0) is 15.2. The summed E-state index contributed by atoms with van der Waals surface area (Å²) in [5, 5.41) is 3.15. The van der Waals surface area contributed by atoms with Crippen molar-refractivity contribution in [3.8, 4) is 0 Å². The summed E-state index contributed by atoms with van der Waals surface area (Å²) in [6, 6.07) is 7.75. The molecule has 3 N–H and O–H groups in total. The Bertz CT molecular complexity index is 511. The van der Waals surface area contributed by atoms with Gasteiger partial charge in [0.25, 0.3) is 0 Å². The molecule has 0 unspecified atom stereocenters. The maximum Gasteiger partial charge on any atom is 0.339 e. The van der Waals surface area contributed by atoms with Gasteiger partial charge in [0, 0.05) is 19.1 Å². The van der Waals surface area contributed by atoms with Crippen molar-refractivity contribution < 1.29 is 14.3 Å². The summed E-state index contributed by atoms with van der Waals surface area (Å²) in [6.45, 7) is 1.86. The summed E-state index contributed by atoms with van der Waals surface area (Å²) in [5.74, 6) is -0.659. The van der Waals surface area contributed by atoms with E-state index >= 15 is 0 Å². The second-order valence-electron chi connectivity index (χ2n) is 5.12. The Morgan fingerprint density at radius 3 is 2.62 bits per heavy atom. The van der Waals surface area contributed by atoms with Gasteiger partial charge in [0.2, 0.25) is 5.91 Å². The number of nitrogens with one attached hydrogen (secondary N) is 1. The van der Waals surface area contributed by atoms with Gasteiger partial charge in [-0.2, -0.15) is 0 Å². The number of ether oxygens (including phenoxy) is 1. The number of piperidine rings is 1. The fourth-order valence-electron chi connectivity index (χ4n) is 2.60. The molecule has 1 aliphatic heterocycles. The Balaban J connectivity index is 1.99. The van der Waals surface area contributed by atoms with Gasteiger partial charge in [-0.3, -0.25) is 4.79 Å². The lowest BCUT2D eigenvalue weighted by atomic mass is 10.0. The molecular weight excluding hydrogens is 270 g/mol. The third-order valence-corrected chi connectivity index (χ3v) is 3.71. The highest BCUT2D eigenvalue weighted by molar-refractivity contribution is 5.95. The number of rotatable bonds is 5. The standard InChI is InChI=1S/C15H21N3O3/c1-21-15(20)12-4-2-3-5-13(12)18-8-6-11(7-9-18)17-10-14(16)19/h2-5,11,17H,6-10H2,1H3,(H2,16,19). The molecule has 1 saturated heterocycles. The predicted octanol–water partition coefficient (Wildman–Crippen LogP) is 0.517. The number of hydrogen-bond donors (Lipinski definition) is 2. The Kier molecular flexibility index (Phi) is 5.16. The first kappa shape index (κ1) is 15.3. The Morgan fingerprint density at radius 2 is 2.00 bits per heavy atom. The van der Waals surface area contributed by atoms with Gasteiger partial charge < -0.3 is 20.7 Å². The molecular formula is C15H21N3O3. The van der Waals surface area contributed by atoms with Crippen LogP contribution >= 0.6 is 0 Å². The predicted molar refractivity (Wildman–Crippen MR) is 80.2 cm³/mol. The van der Waals surface area contributed by atoms with Crippen molar-refractivity contribution >= 4 is 17.6 Å². The van der Waals surface area contributed by atoms with Crippen LogP contribution in [0.2, 0.25) is 0 Å². The van der Waals surface area contributed by atoms with Gasteiger partial charge >= 0.3 is 5.97 Å². The number of esters is 1. The van der Waals surface area contributed by atoms with Crippen molar-refractivity contribution in [2.75, 3.05) is 31.6 Å². The molecule has 1 heterocycles. The molecule has 0 bridgehead atoms. The molecule has 0 spiro atoms. The van der Waals surface area contributed by atoms with E-state index in [1.54, 1.807) is 6.07 Å². The first-order chi connectivity index (χ1) is 10.1. The maximum absolute atomic E-state index is 11.8. The zero-order valence-electron chi connectivity index (χ0n) is 12.2. The van der Waals surface area contributed by atoms with Crippen LogP contribution in [0.3, 0.4) is 0 Å². The minimum atomic E-state index is -0.339. The van der Waals surface area contributed by atoms with Crippen LogP contribution in [0, 0.1) is 0 Å². The number of carbonyl (C=O) groups is 2. The number of nitrogens with zero attached hydrogens (tertiary/aromatic N) is 1. The summed E-state index contributed by atoms with van der Waals surface area (Å²) in [7, 11) is 1.39. The van der Waals surface area contributed by atoms with Crippen molar-refractivity contribution in [2.45, 2.75) is 18.9 Å². The molecule has 2 rings (SSSR count). The van der Waals surface area contributed by atoms with E-state index in [1.807, 2.05) is 18.2 Å². The fraction of sp³-hybridized carbons (Fsp3) is 0.467. The molecule has 1 aromatic rings. The van der Waals surface area contributed by atoms with Gasteiger partial charge in [0.05, 0.1) is 24.9 Å². The minimum Gasteiger partial charge on any atom is -0.465 e. The Hall–Kier alpha value is -2.08. The first-order valence-corrected chi connectivity index (χ1v) is 7.05. The molecule has 114 valence electrons. The van der Waals surface area contributed by atoms with Crippen molar-refractivity contribution in [3.63, 3.8) is 0 Å². The smallest absolute Gasteiger partial charge is 0.339 e. The first-order valence-electron chi connectivity index (χ1n) is 7.05. The van der Waals surface area contributed by atoms with E-state index in [-0.39, 0.29) is 18.4 Å². The summed E-state index contributed by atoms with van der Waals surface area (Å²) < 4.78 is 4.82. The van der Waals surface area contributed by atoms with Gasteiger partial charge in [-0.25, -0.2) is 4.79 Å². The number of anilines is 1. The topological polar surface area (TPSA) is 84.7 Å². The van der Waals surface area contributed by atoms with Gasteiger partial charge in [0.15, 0.2) is 0 Å². The number of para-hydroxylation sites is 1. The molecule has 6 heteroatoms. The van der Waals surface area contributed by atoms with Crippen molar-refractivity contribution in [3.05, 3.63) is 29.8 Å². The number of amides is 1. The lowest BCUT2D eigenvalue weighted by Gasteiger charge is -2.34. The lowest BCUT2D eigenvalue weighted by molar-refractivity contribution is -0.117. The molecule has 1 fully saturated rings. The van der Waals surface area contributed by atoms with E-state index in [0.29, 0.717) is 11.6 Å². The van der Waals surface area contributed by atoms with Crippen LogP contribution in [0.4, 0.5) is 5.69 Å². The van der Waals surface area contributed by atoms with Gasteiger partial charge in [-0.15, -0.1) is 0 Å². The van der Waals surface area contributed by atoms with Crippen molar-refractivity contribution in [1.29, 1.82) is 0 Å². The monoisotopic (exact) mass is 291 g/mol. The van der Waals surface area contributed by atoms with Crippen LogP contribution < -0.4 is 16.0 Å². The van der Waals surface area contributed by atoms with Crippen LogP contribution in [0.25, 0.3) is 0 Å². The lowest BCUT2D eigenvalue weighted by Crippen LogP contribution is -2.45. The fourth-order valence-corrected chi connectivity index (χ4v) is 2.60. The summed E-state index contributed by atoms with van der Waals surface area (Å²) in [6.07, 6.45) is 1.81. The number of primary amides is 1. The molecule has 21 heavy (non-hydrogen) atoms. The molecule has 0 aliphatic carbocycles. The number of methoxy groups -OCH3 is 1. The van der Waals surface area contributed by atoms with E-state index < -0.39 is 0 Å². The molecule has 1 aliphatic rings. The van der Waals surface area contributed by atoms with E-state index in [2.05, 4.69) is 10.2 Å². The second-order valence-corrected chi connectivity index (χ2v) is 5.12. The van der Waals surface area contributed by atoms with Crippen LogP contribution in [0.15, 0.2) is 24.3 Å². The molecule has 1 aromatic carbocycles. The van der Waals surface area contributed by atoms with Gasteiger partial charge in [-0.1, -0.05) is 12.1 Å². The maximum atomic E-state index is 11.8. The minimum absolute atomic E-state index is 0.212. The summed E-state index contributed by atoms with van der Waals surface area (Å²) in [5.41, 5.74) is 6.62. The van der Waals surface area contributed by atoms with Gasteiger partial charge in [0.1, 0.15) is 0 Å². The number of benzene rings is 1. The van der Waals surface area contributed by atoms with Crippen LogP contribution in [-0.2, 0) is 9.53 Å². The molecule has 6 nitrogen and oxygen atoms in total. The average molecular weight is 291 g/mol. The quantitative estimate of drug-likeness (QED) is 0.773. The largest absolute Gasteiger partial charge is 0.465 e. The van der Waals surface area contributed by atoms with Crippen molar-refractivity contribution in [1.82, 2.24) is 5.32 Å². The normalized spacial score (nSPS) is 15.8. The summed E-state index contributed by atoms with van der Waals surface area (Å²) >= 11 is 0. The van der Waals surface area contributed by atoms with E-state index in [0.717, 1.165) is 31.6 Å². The van der Waals surface area contributed by atoms with E-state index in [9.17, 15) is 9.59 Å². The van der Waals surface area contributed by atoms with Crippen molar-refractivity contribution in [2.24, 2.45) is 5.73 Å². The number of carbonyl (C=O) groups excluding carboxylic acids is 2. The van der Waals surface area contributed by atoms with E-state index in [1.165, 1.54) is 7.11 Å². The summed E-state index contributed by atoms with van der Waals surface area (Å²) in [4.78, 5) is 24.8.